The summed E-state index contributed by atoms with van der Waals surface area (Å²) in [7, 11) is 0. The molecule has 1 aliphatic heterocycles. The van der Waals surface area contributed by atoms with Crippen molar-refractivity contribution in [3.8, 4) is 10.6 Å². The fraction of sp³-hybridized carbons (Fsp3) is 0.227. The Bertz CT molecular complexity index is 1260. The van der Waals surface area contributed by atoms with Crippen molar-refractivity contribution >= 4 is 28.6 Å². The van der Waals surface area contributed by atoms with E-state index in [9.17, 15) is 18.0 Å². The monoisotopic (exact) mass is 457 g/mol. The van der Waals surface area contributed by atoms with E-state index in [0.717, 1.165) is 22.7 Å². The minimum atomic E-state index is -4.38. The number of hydrogen-bond acceptors (Lipinski definition) is 5. The van der Waals surface area contributed by atoms with Gasteiger partial charge >= 0.3 is 6.18 Å². The molecular weight excluding hydrogens is 439 g/mol. The van der Waals surface area contributed by atoms with Gasteiger partial charge in [-0.1, -0.05) is 12.1 Å². The first kappa shape index (κ1) is 20.5. The number of piperazine rings is 1. The molecular formula is C22H18F3N5OS. The summed E-state index contributed by atoms with van der Waals surface area (Å²) in [6.07, 6.45) is -1.19. The zero-order valence-electron chi connectivity index (χ0n) is 16.8. The van der Waals surface area contributed by atoms with E-state index >= 15 is 0 Å². The second-order valence-corrected chi connectivity index (χ2v) is 8.38. The lowest BCUT2D eigenvalue weighted by Crippen LogP contribution is -2.48. The van der Waals surface area contributed by atoms with Gasteiger partial charge in [0.25, 0.3) is 5.91 Å². The van der Waals surface area contributed by atoms with Crippen LogP contribution in [0.15, 0.2) is 60.2 Å². The molecule has 0 spiro atoms. The maximum atomic E-state index is 13.2. The first-order chi connectivity index (χ1) is 15.4. The summed E-state index contributed by atoms with van der Waals surface area (Å²) in [5, 5.41) is 6.36. The molecule has 6 nitrogen and oxygen atoms in total. The Morgan fingerprint density at radius 1 is 1.03 bits per heavy atom. The normalized spacial score (nSPS) is 14.8. The van der Waals surface area contributed by atoms with Gasteiger partial charge in [0, 0.05) is 38.1 Å². The minimum Gasteiger partial charge on any atom is -0.368 e. The summed E-state index contributed by atoms with van der Waals surface area (Å²) in [6, 6.07) is 11.1. The summed E-state index contributed by atoms with van der Waals surface area (Å²) < 4.78 is 40.7. The van der Waals surface area contributed by atoms with Crippen LogP contribution in [0, 0.1) is 0 Å². The maximum Gasteiger partial charge on any atom is 0.416 e. The summed E-state index contributed by atoms with van der Waals surface area (Å²) >= 11 is 1.58. The van der Waals surface area contributed by atoms with Crippen LogP contribution in [0.1, 0.15) is 15.9 Å². The number of thiophene rings is 1. The number of hydrogen-bond donors (Lipinski definition) is 0. The summed E-state index contributed by atoms with van der Waals surface area (Å²) in [6.45, 7) is 1.69. The average Bonchev–Trinajstić information content (AvgIpc) is 3.48. The molecule has 4 heterocycles. The molecule has 0 N–H and O–H groups in total. The lowest BCUT2D eigenvalue weighted by atomic mass is 10.1. The molecule has 1 saturated heterocycles. The number of nitrogens with zero attached hydrogens (tertiary/aromatic N) is 5. The SMILES string of the molecule is O=C(c1cnn2c(-c3cccs3)ccnc12)N1CCN(c2cccc(C(F)(F)F)c2)CC1. The molecule has 0 atom stereocenters. The standard InChI is InChI=1S/C22H18F3N5OS/c23-22(24,25)15-3-1-4-16(13-15)28-8-10-29(11-9-28)21(31)17-14-27-30-18(6-7-26-20(17)30)19-5-2-12-32-19/h1-7,12-14H,8-11H2. The Kier molecular flexibility index (Phi) is 5.09. The van der Waals surface area contributed by atoms with E-state index in [1.807, 2.05) is 28.5 Å². The fourth-order valence-corrected chi connectivity index (χ4v) is 4.61. The van der Waals surface area contributed by atoms with Gasteiger partial charge in [0.15, 0.2) is 5.65 Å². The fourth-order valence-electron chi connectivity index (χ4n) is 3.87. The Hall–Kier alpha value is -3.40. The second kappa shape index (κ2) is 7.94. The van der Waals surface area contributed by atoms with Gasteiger partial charge in [-0.3, -0.25) is 4.79 Å². The van der Waals surface area contributed by atoms with Crippen LogP contribution in [0.3, 0.4) is 0 Å². The highest BCUT2D eigenvalue weighted by Gasteiger charge is 2.31. The van der Waals surface area contributed by atoms with E-state index in [1.54, 1.807) is 33.0 Å². The molecule has 0 bridgehead atoms. The first-order valence-electron chi connectivity index (χ1n) is 10.00. The number of carbonyl (C=O) groups excluding carboxylic acids is 1. The highest BCUT2D eigenvalue weighted by atomic mass is 32.1. The van der Waals surface area contributed by atoms with Crippen molar-refractivity contribution < 1.29 is 18.0 Å². The Labute approximate surface area is 185 Å². The van der Waals surface area contributed by atoms with Crippen LogP contribution in [-0.2, 0) is 6.18 Å². The van der Waals surface area contributed by atoms with Gasteiger partial charge in [-0.25, -0.2) is 9.50 Å². The van der Waals surface area contributed by atoms with E-state index in [4.69, 9.17) is 0 Å². The predicted octanol–water partition coefficient (Wildman–Crippen LogP) is 4.44. The Morgan fingerprint density at radius 2 is 1.84 bits per heavy atom. The number of alkyl halides is 3. The third kappa shape index (κ3) is 3.70. The molecule has 0 saturated carbocycles. The summed E-state index contributed by atoms with van der Waals surface area (Å²) in [5.74, 6) is -0.181. The second-order valence-electron chi connectivity index (χ2n) is 7.43. The molecule has 164 valence electrons. The van der Waals surface area contributed by atoms with Crippen LogP contribution in [-0.4, -0.2) is 51.6 Å². The molecule has 1 aliphatic rings. The highest BCUT2D eigenvalue weighted by Crippen LogP contribution is 2.32. The van der Waals surface area contributed by atoms with Gasteiger partial charge in [0.1, 0.15) is 5.56 Å². The molecule has 5 rings (SSSR count). The Morgan fingerprint density at radius 3 is 2.56 bits per heavy atom. The van der Waals surface area contributed by atoms with Crippen LogP contribution in [0.25, 0.3) is 16.2 Å². The number of aromatic nitrogens is 3. The maximum absolute atomic E-state index is 13.2. The van der Waals surface area contributed by atoms with E-state index in [-0.39, 0.29) is 5.91 Å². The molecule has 10 heteroatoms. The number of amides is 1. The van der Waals surface area contributed by atoms with Crippen molar-refractivity contribution in [2.45, 2.75) is 6.18 Å². The van der Waals surface area contributed by atoms with Crippen molar-refractivity contribution in [1.82, 2.24) is 19.5 Å². The molecule has 4 aromatic rings. The van der Waals surface area contributed by atoms with Crippen molar-refractivity contribution in [3.05, 3.63) is 71.4 Å². The number of benzene rings is 1. The van der Waals surface area contributed by atoms with Crippen LogP contribution >= 0.6 is 11.3 Å². The predicted molar refractivity (Wildman–Crippen MR) is 116 cm³/mol. The summed E-state index contributed by atoms with van der Waals surface area (Å²) in [4.78, 5) is 22.1. The largest absolute Gasteiger partial charge is 0.416 e. The van der Waals surface area contributed by atoms with Crippen LogP contribution < -0.4 is 4.90 Å². The topological polar surface area (TPSA) is 53.7 Å². The van der Waals surface area contributed by atoms with Crippen LogP contribution in [0.5, 0.6) is 0 Å². The van der Waals surface area contributed by atoms with Gasteiger partial charge in [-0.15, -0.1) is 11.3 Å². The van der Waals surface area contributed by atoms with E-state index in [0.29, 0.717) is 43.1 Å². The average molecular weight is 457 g/mol. The van der Waals surface area contributed by atoms with Gasteiger partial charge in [-0.05, 0) is 35.7 Å². The van der Waals surface area contributed by atoms with Gasteiger partial charge < -0.3 is 9.80 Å². The van der Waals surface area contributed by atoms with E-state index in [1.165, 1.54) is 12.3 Å². The third-order valence-electron chi connectivity index (χ3n) is 5.51. The molecule has 0 radical (unpaired) electrons. The lowest BCUT2D eigenvalue weighted by Gasteiger charge is -2.36. The smallest absolute Gasteiger partial charge is 0.368 e. The zero-order chi connectivity index (χ0) is 22.3. The zero-order valence-corrected chi connectivity index (χ0v) is 17.6. The molecule has 32 heavy (non-hydrogen) atoms. The third-order valence-corrected chi connectivity index (χ3v) is 6.40. The molecule has 3 aromatic heterocycles. The Balaban J connectivity index is 1.33. The quantitative estimate of drug-likeness (QED) is 0.457. The number of anilines is 1. The molecule has 1 fully saturated rings. The number of rotatable bonds is 3. The minimum absolute atomic E-state index is 0.181. The van der Waals surface area contributed by atoms with Gasteiger partial charge in [-0.2, -0.15) is 18.3 Å². The van der Waals surface area contributed by atoms with Gasteiger partial charge in [0.2, 0.25) is 0 Å². The number of fused-ring (bicyclic) bond motifs is 1. The van der Waals surface area contributed by atoms with E-state index < -0.39 is 11.7 Å². The lowest BCUT2D eigenvalue weighted by molar-refractivity contribution is -0.137. The highest BCUT2D eigenvalue weighted by molar-refractivity contribution is 7.13. The van der Waals surface area contributed by atoms with Crippen molar-refractivity contribution in [2.24, 2.45) is 0 Å². The first-order valence-corrected chi connectivity index (χ1v) is 10.9. The number of carbonyl (C=O) groups is 1. The van der Waals surface area contributed by atoms with Crippen molar-refractivity contribution in [3.63, 3.8) is 0 Å². The van der Waals surface area contributed by atoms with Crippen LogP contribution in [0.2, 0.25) is 0 Å². The van der Waals surface area contributed by atoms with Crippen molar-refractivity contribution in [1.29, 1.82) is 0 Å². The molecule has 0 unspecified atom stereocenters. The molecule has 1 aromatic carbocycles. The number of halogens is 3. The molecule has 0 aliphatic carbocycles. The van der Waals surface area contributed by atoms with Crippen molar-refractivity contribution in [2.75, 3.05) is 31.1 Å². The van der Waals surface area contributed by atoms with E-state index in [2.05, 4.69) is 10.1 Å². The molecule has 1 amide bonds. The summed E-state index contributed by atoms with van der Waals surface area (Å²) in [5.41, 5.74) is 1.59. The van der Waals surface area contributed by atoms with Gasteiger partial charge in [0.05, 0.1) is 22.3 Å². The van der Waals surface area contributed by atoms with Crippen LogP contribution in [0.4, 0.5) is 18.9 Å².